The zero-order valence-electron chi connectivity index (χ0n) is 19.2. The molecule has 150 valence electrons. The standard InChI is InChI=1S/3C6H14.C5H11N/c3*1-4-6(3)5-2;1-5-3-2-4-6-5/h3*6H,4-5H2,1-3H3;5-6H,2-4H2,1H3. The maximum absolute atomic E-state index is 3.32. The van der Waals surface area contributed by atoms with Gasteiger partial charge in [-0.05, 0) is 44.1 Å². The van der Waals surface area contributed by atoms with Crippen molar-refractivity contribution in [2.45, 2.75) is 127 Å². The fraction of sp³-hybridized carbons (Fsp3) is 1.00. The van der Waals surface area contributed by atoms with Crippen LogP contribution in [0.3, 0.4) is 0 Å². The Labute approximate surface area is 156 Å². The van der Waals surface area contributed by atoms with Crippen molar-refractivity contribution in [1.29, 1.82) is 0 Å². The fourth-order valence-corrected chi connectivity index (χ4v) is 1.72. The molecule has 0 aliphatic carbocycles. The maximum atomic E-state index is 3.32. The van der Waals surface area contributed by atoms with E-state index in [9.17, 15) is 0 Å². The molecule has 0 spiro atoms. The minimum absolute atomic E-state index is 0.796. The van der Waals surface area contributed by atoms with Gasteiger partial charge in [-0.1, -0.05) is 101 Å². The second-order valence-electron chi connectivity index (χ2n) is 7.76. The molecule has 0 aromatic rings. The molecule has 0 saturated carbocycles. The quantitative estimate of drug-likeness (QED) is 0.514. The van der Waals surface area contributed by atoms with Gasteiger partial charge in [0.2, 0.25) is 0 Å². The average molecular weight is 344 g/mol. The minimum Gasteiger partial charge on any atom is -0.314 e. The summed E-state index contributed by atoms with van der Waals surface area (Å²) in [6.45, 7) is 23.7. The van der Waals surface area contributed by atoms with Crippen molar-refractivity contribution < 1.29 is 0 Å². The first-order chi connectivity index (χ1) is 11.3. The van der Waals surface area contributed by atoms with Crippen LogP contribution >= 0.6 is 0 Å². The van der Waals surface area contributed by atoms with Crippen LogP contribution in [0.2, 0.25) is 0 Å². The second kappa shape index (κ2) is 23.0. The predicted octanol–water partition coefficient (Wildman–Crippen LogP) is 8.09. The lowest BCUT2D eigenvalue weighted by Crippen LogP contribution is -2.16. The molecule has 0 amide bonds. The van der Waals surface area contributed by atoms with Crippen molar-refractivity contribution >= 4 is 0 Å². The normalized spacial score (nSPS) is 16.1. The maximum Gasteiger partial charge on any atom is 0.00391 e. The van der Waals surface area contributed by atoms with E-state index in [0.717, 1.165) is 23.8 Å². The van der Waals surface area contributed by atoms with Crippen molar-refractivity contribution in [2.24, 2.45) is 17.8 Å². The van der Waals surface area contributed by atoms with E-state index in [2.05, 4.69) is 74.6 Å². The molecule has 0 aromatic carbocycles. The molecule has 1 heteroatoms. The van der Waals surface area contributed by atoms with Gasteiger partial charge >= 0.3 is 0 Å². The second-order valence-corrected chi connectivity index (χ2v) is 7.76. The van der Waals surface area contributed by atoms with Crippen LogP contribution in [0.5, 0.6) is 0 Å². The Bertz CT molecular complexity index is 160. The van der Waals surface area contributed by atoms with Crippen molar-refractivity contribution in [3.8, 4) is 0 Å². The molecule has 1 saturated heterocycles. The first-order valence-electron chi connectivity index (χ1n) is 11.1. The molecule has 0 aromatic heterocycles. The number of hydrogen-bond donors (Lipinski definition) is 1. The first-order valence-corrected chi connectivity index (χ1v) is 11.1. The Morgan fingerprint density at radius 2 is 0.958 bits per heavy atom. The zero-order chi connectivity index (χ0) is 19.4. The molecule has 1 atom stereocenters. The SMILES string of the molecule is CC1CCCN1.CCC(C)CC.CCC(C)CC.CCC(C)CC. The molecule has 1 N–H and O–H groups in total. The summed E-state index contributed by atoms with van der Waals surface area (Å²) >= 11 is 0. The third-order valence-corrected chi connectivity index (χ3v) is 5.49. The summed E-state index contributed by atoms with van der Waals surface area (Å²) in [5.41, 5.74) is 0. The van der Waals surface area contributed by atoms with Crippen LogP contribution in [0.15, 0.2) is 0 Å². The summed E-state index contributed by atoms with van der Waals surface area (Å²) in [4.78, 5) is 0. The minimum atomic E-state index is 0.796. The topological polar surface area (TPSA) is 12.0 Å². The highest BCUT2D eigenvalue weighted by atomic mass is 14.9. The third kappa shape index (κ3) is 26.8. The average Bonchev–Trinajstić information content (AvgIpc) is 3.11. The van der Waals surface area contributed by atoms with E-state index in [1.54, 1.807) is 0 Å². The van der Waals surface area contributed by atoms with Gasteiger partial charge in [-0.25, -0.2) is 0 Å². The molecular formula is C23H53N. The van der Waals surface area contributed by atoms with Crippen LogP contribution in [-0.4, -0.2) is 12.6 Å². The summed E-state index contributed by atoms with van der Waals surface area (Å²) in [6, 6.07) is 0.796. The van der Waals surface area contributed by atoms with E-state index in [-0.39, 0.29) is 0 Å². The van der Waals surface area contributed by atoms with Crippen LogP contribution < -0.4 is 5.32 Å². The van der Waals surface area contributed by atoms with Gasteiger partial charge in [-0.3, -0.25) is 0 Å². The summed E-state index contributed by atoms with van der Waals surface area (Å²) < 4.78 is 0. The molecule has 24 heavy (non-hydrogen) atoms. The molecule has 1 fully saturated rings. The molecule has 1 heterocycles. The predicted molar refractivity (Wildman–Crippen MR) is 116 cm³/mol. The van der Waals surface area contributed by atoms with Crippen molar-refractivity contribution in [3.63, 3.8) is 0 Å². The van der Waals surface area contributed by atoms with Crippen molar-refractivity contribution in [1.82, 2.24) is 5.32 Å². The third-order valence-electron chi connectivity index (χ3n) is 5.49. The van der Waals surface area contributed by atoms with E-state index in [1.165, 1.54) is 57.9 Å². The van der Waals surface area contributed by atoms with Crippen LogP contribution in [0.4, 0.5) is 0 Å². The summed E-state index contributed by atoms with van der Waals surface area (Å²) in [6.07, 6.45) is 10.7. The van der Waals surface area contributed by atoms with Crippen LogP contribution in [0.1, 0.15) is 121 Å². The largest absolute Gasteiger partial charge is 0.314 e. The molecule has 0 radical (unpaired) electrons. The van der Waals surface area contributed by atoms with Gasteiger partial charge in [-0.2, -0.15) is 0 Å². The molecule has 1 unspecified atom stereocenters. The molecule has 1 nitrogen and oxygen atoms in total. The summed E-state index contributed by atoms with van der Waals surface area (Å²) in [5.74, 6) is 2.81. The summed E-state index contributed by atoms with van der Waals surface area (Å²) in [5, 5.41) is 3.32. The highest BCUT2D eigenvalue weighted by molar-refractivity contribution is 4.67. The van der Waals surface area contributed by atoms with E-state index in [0.29, 0.717) is 0 Å². The molecule has 0 bridgehead atoms. The Kier molecular flexibility index (Phi) is 27.5. The number of hydrogen-bond acceptors (Lipinski definition) is 1. The highest BCUT2D eigenvalue weighted by Gasteiger charge is 2.05. The lowest BCUT2D eigenvalue weighted by molar-refractivity contribution is 0.544. The van der Waals surface area contributed by atoms with Gasteiger partial charge < -0.3 is 5.32 Å². The van der Waals surface area contributed by atoms with Gasteiger partial charge in [-0.15, -0.1) is 0 Å². The van der Waals surface area contributed by atoms with Gasteiger partial charge in [0.25, 0.3) is 0 Å². The van der Waals surface area contributed by atoms with Gasteiger partial charge in [0.15, 0.2) is 0 Å². The number of nitrogens with one attached hydrogen (secondary N) is 1. The lowest BCUT2D eigenvalue weighted by atomic mass is 10.1. The van der Waals surface area contributed by atoms with Crippen LogP contribution in [0, 0.1) is 17.8 Å². The summed E-state index contributed by atoms with van der Waals surface area (Å²) in [7, 11) is 0. The molecule has 1 aliphatic rings. The van der Waals surface area contributed by atoms with Crippen LogP contribution in [-0.2, 0) is 0 Å². The van der Waals surface area contributed by atoms with Crippen molar-refractivity contribution in [2.75, 3.05) is 6.54 Å². The zero-order valence-corrected chi connectivity index (χ0v) is 19.2. The van der Waals surface area contributed by atoms with E-state index in [4.69, 9.17) is 0 Å². The molecule has 1 aliphatic heterocycles. The van der Waals surface area contributed by atoms with E-state index in [1.807, 2.05) is 0 Å². The molecular weight excluding hydrogens is 290 g/mol. The fourth-order valence-electron chi connectivity index (χ4n) is 1.72. The monoisotopic (exact) mass is 343 g/mol. The van der Waals surface area contributed by atoms with E-state index >= 15 is 0 Å². The molecule has 1 rings (SSSR count). The van der Waals surface area contributed by atoms with Gasteiger partial charge in [0, 0.05) is 6.04 Å². The van der Waals surface area contributed by atoms with Crippen molar-refractivity contribution in [3.05, 3.63) is 0 Å². The van der Waals surface area contributed by atoms with Gasteiger partial charge in [0.1, 0.15) is 0 Å². The Balaban J connectivity index is -0.000000245. The van der Waals surface area contributed by atoms with E-state index < -0.39 is 0 Å². The smallest absolute Gasteiger partial charge is 0.00391 e. The van der Waals surface area contributed by atoms with Crippen LogP contribution in [0.25, 0.3) is 0 Å². The highest BCUT2D eigenvalue weighted by Crippen LogP contribution is 2.04. The Morgan fingerprint density at radius 1 is 0.667 bits per heavy atom. The Morgan fingerprint density at radius 3 is 1.00 bits per heavy atom. The lowest BCUT2D eigenvalue weighted by Gasteiger charge is -1.98. The number of rotatable bonds is 6. The Hall–Kier alpha value is -0.0400. The first kappa shape index (κ1) is 28.8. The van der Waals surface area contributed by atoms with Gasteiger partial charge in [0.05, 0.1) is 0 Å².